The van der Waals surface area contributed by atoms with Crippen molar-refractivity contribution >= 4 is 11.8 Å². The minimum absolute atomic E-state index is 0.224. The maximum atomic E-state index is 13.4. The van der Waals surface area contributed by atoms with Crippen molar-refractivity contribution in [2.24, 2.45) is 0 Å². The van der Waals surface area contributed by atoms with E-state index in [-0.39, 0.29) is 12.2 Å². The molecule has 1 N–H and O–H groups in total. The lowest BCUT2D eigenvalue weighted by Crippen LogP contribution is -2.33. The van der Waals surface area contributed by atoms with Gasteiger partial charge in [0.2, 0.25) is 5.78 Å². The molecule has 172 valence electrons. The van der Waals surface area contributed by atoms with Crippen molar-refractivity contribution in [3.63, 3.8) is 0 Å². The third-order valence-corrected chi connectivity index (χ3v) is 4.92. The van der Waals surface area contributed by atoms with Crippen LogP contribution in [-0.4, -0.2) is 29.6 Å². The van der Waals surface area contributed by atoms with Gasteiger partial charge in [0.25, 0.3) is 0 Å². The van der Waals surface area contributed by atoms with Gasteiger partial charge in [0, 0.05) is 6.92 Å². The van der Waals surface area contributed by atoms with Gasteiger partial charge < -0.3 is 19.3 Å². The molecule has 0 aromatic heterocycles. The van der Waals surface area contributed by atoms with Crippen LogP contribution >= 0.6 is 0 Å². The fraction of sp³-hybridized carbons (Fsp3) is 0.259. The molecule has 0 saturated carbocycles. The number of para-hydroxylation sites is 1. The molecule has 2 atom stereocenters. The standard InChI is InChI=1S/C27H28O6/c1-3-17-31-22-15-13-21(14-16-22)25(29)27(33-19(2)28)26(30)23-11-7-8-12-24(23)32-18-20-9-5-4-6-10-20/h4-16,25,27,29H,3,17-18H2,1-2H3. The Morgan fingerprint density at radius 2 is 1.55 bits per heavy atom. The topological polar surface area (TPSA) is 82.1 Å². The fourth-order valence-electron chi connectivity index (χ4n) is 3.28. The van der Waals surface area contributed by atoms with E-state index in [4.69, 9.17) is 14.2 Å². The smallest absolute Gasteiger partial charge is 0.303 e. The molecule has 0 amide bonds. The molecule has 3 aromatic carbocycles. The lowest BCUT2D eigenvalue weighted by Gasteiger charge is -2.23. The largest absolute Gasteiger partial charge is 0.494 e. The molecule has 33 heavy (non-hydrogen) atoms. The quantitative estimate of drug-likeness (QED) is 0.332. The third kappa shape index (κ3) is 6.67. The predicted molar refractivity (Wildman–Crippen MR) is 124 cm³/mol. The molecule has 0 aliphatic heterocycles. The van der Waals surface area contributed by atoms with Gasteiger partial charge >= 0.3 is 5.97 Å². The van der Waals surface area contributed by atoms with Crippen molar-refractivity contribution in [2.75, 3.05) is 6.61 Å². The summed E-state index contributed by atoms with van der Waals surface area (Å²) < 4.78 is 16.7. The highest BCUT2D eigenvalue weighted by Crippen LogP contribution is 2.28. The van der Waals surface area contributed by atoms with Crippen LogP contribution in [0.3, 0.4) is 0 Å². The summed E-state index contributed by atoms with van der Waals surface area (Å²) in [7, 11) is 0. The van der Waals surface area contributed by atoms with E-state index in [0.717, 1.165) is 12.0 Å². The van der Waals surface area contributed by atoms with Gasteiger partial charge in [-0.15, -0.1) is 0 Å². The van der Waals surface area contributed by atoms with Crippen LogP contribution in [0.4, 0.5) is 0 Å². The monoisotopic (exact) mass is 448 g/mol. The Balaban J connectivity index is 1.82. The Bertz CT molecular complexity index is 1050. The lowest BCUT2D eigenvalue weighted by atomic mass is 9.96. The summed E-state index contributed by atoms with van der Waals surface area (Å²) in [6, 6.07) is 23.0. The molecule has 3 aromatic rings. The molecule has 0 aliphatic carbocycles. The summed E-state index contributed by atoms with van der Waals surface area (Å²) in [6.45, 7) is 4.06. The van der Waals surface area contributed by atoms with E-state index in [0.29, 0.717) is 23.7 Å². The van der Waals surface area contributed by atoms with Crippen molar-refractivity contribution in [1.29, 1.82) is 0 Å². The van der Waals surface area contributed by atoms with Gasteiger partial charge in [-0.3, -0.25) is 9.59 Å². The zero-order valence-electron chi connectivity index (χ0n) is 18.8. The van der Waals surface area contributed by atoms with Crippen LogP contribution in [0, 0.1) is 0 Å². The number of benzene rings is 3. The minimum Gasteiger partial charge on any atom is -0.494 e. The van der Waals surface area contributed by atoms with Gasteiger partial charge in [0.05, 0.1) is 12.2 Å². The molecular formula is C27H28O6. The highest BCUT2D eigenvalue weighted by atomic mass is 16.6. The van der Waals surface area contributed by atoms with Gasteiger partial charge in [0.1, 0.15) is 24.2 Å². The van der Waals surface area contributed by atoms with E-state index in [1.807, 2.05) is 37.3 Å². The Hall–Kier alpha value is -3.64. The number of carbonyl (C=O) groups excluding carboxylic acids is 2. The summed E-state index contributed by atoms with van der Waals surface area (Å²) in [5, 5.41) is 10.9. The molecule has 6 nitrogen and oxygen atoms in total. The highest BCUT2D eigenvalue weighted by Gasteiger charge is 2.33. The molecule has 0 radical (unpaired) electrons. The van der Waals surface area contributed by atoms with E-state index >= 15 is 0 Å². The van der Waals surface area contributed by atoms with E-state index in [9.17, 15) is 14.7 Å². The maximum Gasteiger partial charge on any atom is 0.303 e. The molecule has 3 rings (SSSR count). The molecule has 0 aliphatic rings. The van der Waals surface area contributed by atoms with Crippen LogP contribution in [0.15, 0.2) is 78.9 Å². The maximum absolute atomic E-state index is 13.4. The molecule has 6 heteroatoms. The summed E-state index contributed by atoms with van der Waals surface area (Å²) >= 11 is 0. The number of ether oxygens (including phenoxy) is 3. The third-order valence-electron chi connectivity index (χ3n) is 4.92. The molecular weight excluding hydrogens is 420 g/mol. The van der Waals surface area contributed by atoms with Gasteiger partial charge in [0.15, 0.2) is 6.10 Å². The molecule has 0 fully saturated rings. The molecule has 0 bridgehead atoms. The zero-order chi connectivity index (χ0) is 23.6. The molecule has 0 saturated heterocycles. The highest BCUT2D eigenvalue weighted by molar-refractivity contribution is 6.03. The number of aliphatic hydroxyl groups is 1. The van der Waals surface area contributed by atoms with E-state index in [1.165, 1.54) is 6.92 Å². The second kappa shape index (κ2) is 11.8. The van der Waals surface area contributed by atoms with Crippen molar-refractivity contribution in [3.8, 4) is 11.5 Å². The van der Waals surface area contributed by atoms with Crippen LogP contribution < -0.4 is 9.47 Å². The van der Waals surface area contributed by atoms with Crippen LogP contribution in [0.25, 0.3) is 0 Å². The summed E-state index contributed by atoms with van der Waals surface area (Å²) in [6.07, 6.45) is -1.91. The van der Waals surface area contributed by atoms with Crippen LogP contribution in [0.5, 0.6) is 11.5 Å². The SMILES string of the molecule is CCCOc1ccc(C(O)C(OC(C)=O)C(=O)c2ccccc2OCc2ccccc2)cc1. The number of Topliss-reactive ketones (excluding diaryl/α,β-unsaturated/α-hetero) is 1. The minimum atomic E-state index is -1.42. The Labute approximate surface area is 193 Å². The lowest BCUT2D eigenvalue weighted by molar-refractivity contribution is -0.149. The van der Waals surface area contributed by atoms with Crippen LogP contribution in [0.1, 0.15) is 47.9 Å². The van der Waals surface area contributed by atoms with Gasteiger partial charge in [-0.2, -0.15) is 0 Å². The van der Waals surface area contributed by atoms with Gasteiger partial charge in [-0.25, -0.2) is 0 Å². The van der Waals surface area contributed by atoms with E-state index < -0.39 is 24.0 Å². The first-order chi connectivity index (χ1) is 16.0. The molecule has 2 unspecified atom stereocenters. The first kappa shape index (κ1) is 24.0. The Morgan fingerprint density at radius 3 is 2.21 bits per heavy atom. The average molecular weight is 449 g/mol. The first-order valence-corrected chi connectivity index (χ1v) is 10.9. The summed E-state index contributed by atoms with van der Waals surface area (Å²) in [5.74, 6) is -0.215. The van der Waals surface area contributed by atoms with Crippen LogP contribution in [0.2, 0.25) is 0 Å². The first-order valence-electron chi connectivity index (χ1n) is 10.9. The van der Waals surface area contributed by atoms with Crippen LogP contribution in [-0.2, 0) is 16.1 Å². The summed E-state index contributed by atoms with van der Waals surface area (Å²) in [5.41, 5.74) is 1.60. The second-order valence-corrected chi connectivity index (χ2v) is 7.53. The number of esters is 1. The number of hydrogen-bond acceptors (Lipinski definition) is 6. The predicted octanol–water partition coefficient (Wildman–Crippen LogP) is 4.90. The van der Waals surface area contributed by atoms with Crippen molar-refractivity contribution in [1.82, 2.24) is 0 Å². The fourth-order valence-corrected chi connectivity index (χ4v) is 3.28. The van der Waals surface area contributed by atoms with Gasteiger partial charge in [-0.1, -0.05) is 61.5 Å². The summed E-state index contributed by atoms with van der Waals surface area (Å²) in [4.78, 5) is 25.2. The number of aliphatic hydroxyl groups excluding tert-OH is 1. The van der Waals surface area contributed by atoms with E-state index in [2.05, 4.69) is 0 Å². The van der Waals surface area contributed by atoms with Crippen molar-refractivity contribution in [3.05, 3.63) is 95.6 Å². The number of carbonyl (C=O) groups is 2. The number of rotatable bonds is 11. The average Bonchev–Trinajstić information content (AvgIpc) is 2.85. The Kier molecular flexibility index (Phi) is 8.61. The van der Waals surface area contributed by atoms with E-state index in [1.54, 1.807) is 48.5 Å². The van der Waals surface area contributed by atoms with Gasteiger partial charge in [-0.05, 0) is 41.8 Å². The van der Waals surface area contributed by atoms with Crippen molar-refractivity contribution < 1.29 is 28.9 Å². The molecule has 0 spiro atoms. The molecule has 0 heterocycles. The Morgan fingerprint density at radius 1 is 0.879 bits per heavy atom. The number of hydrogen-bond donors (Lipinski definition) is 1. The number of ketones is 1. The second-order valence-electron chi connectivity index (χ2n) is 7.53. The normalized spacial score (nSPS) is 12.5. The van der Waals surface area contributed by atoms with Crippen molar-refractivity contribution in [2.45, 2.75) is 39.1 Å². The zero-order valence-corrected chi connectivity index (χ0v) is 18.8.